The molecule has 1 aromatic carbocycles. The van der Waals surface area contributed by atoms with Crippen LogP contribution >= 0.6 is 0 Å². The fourth-order valence-corrected chi connectivity index (χ4v) is 4.47. The zero-order chi connectivity index (χ0) is 14.5. The van der Waals surface area contributed by atoms with Crippen LogP contribution in [0.2, 0.25) is 0 Å². The lowest BCUT2D eigenvalue weighted by Crippen LogP contribution is -2.46. The first-order chi connectivity index (χ1) is 10.2. The Morgan fingerprint density at radius 1 is 1.05 bits per heavy atom. The highest BCUT2D eigenvalue weighted by Gasteiger charge is 2.61. The summed E-state index contributed by atoms with van der Waals surface area (Å²) in [5.74, 6) is 0. The molecule has 1 saturated carbocycles. The molecule has 106 valence electrons. The van der Waals surface area contributed by atoms with Crippen molar-refractivity contribution in [1.29, 1.82) is 0 Å². The zero-order valence-corrected chi connectivity index (χ0v) is 12.8. The number of benzene rings is 1. The van der Waals surface area contributed by atoms with E-state index in [0.29, 0.717) is 0 Å². The molecule has 1 heteroatoms. The largest absolute Gasteiger partial charge is 0.328 e. The Morgan fingerprint density at radius 3 is 2.67 bits per heavy atom. The van der Waals surface area contributed by atoms with E-state index < -0.39 is 0 Å². The van der Waals surface area contributed by atoms with Crippen molar-refractivity contribution in [1.82, 2.24) is 0 Å². The summed E-state index contributed by atoms with van der Waals surface area (Å²) in [6.07, 6.45) is 12.4. The molecule has 0 spiro atoms. The lowest BCUT2D eigenvalue weighted by Gasteiger charge is -2.41. The van der Waals surface area contributed by atoms with Crippen LogP contribution in [0.3, 0.4) is 0 Å². The van der Waals surface area contributed by atoms with Crippen molar-refractivity contribution in [3.8, 4) is 0 Å². The maximum atomic E-state index is 3.53. The highest BCUT2D eigenvalue weighted by molar-refractivity contribution is 5.68. The third-order valence-corrected chi connectivity index (χ3v) is 5.80. The normalized spacial score (nSPS) is 33.3. The number of hydrogen-bond donors (Lipinski definition) is 0. The summed E-state index contributed by atoms with van der Waals surface area (Å²) in [5, 5.41) is 0. The number of nitrogens with zero attached hydrogens (tertiary/aromatic N) is 1. The Kier molecular flexibility index (Phi) is 2.58. The quantitative estimate of drug-likeness (QED) is 0.653. The summed E-state index contributed by atoms with van der Waals surface area (Å²) in [5.41, 5.74) is 7.91. The molecule has 0 radical (unpaired) electrons. The van der Waals surface area contributed by atoms with Gasteiger partial charge in [-0.15, -0.1) is 0 Å². The van der Waals surface area contributed by atoms with Gasteiger partial charge in [-0.3, -0.25) is 0 Å². The van der Waals surface area contributed by atoms with E-state index in [1.165, 1.54) is 36.2 Å². The van der Waals surface area contributed by atoms with Crippen molar-refractivity contribution in [2.75, 3.05) is 4.90 Å². The monoisotopic (exact) mass is 275 g/mol. The van der Waals surface area contributed by atoms with E-state index >= 15 is 0 Å². The standard InChI is InChI=1S/C20H21N/c1-19-14-9-15-20(19,2)21(16-10-5-3-6-11-16)18-13-8-4-7-12-17(18)19/h3-8,10-12H,9,14-15H2,1-2H3. The van der Waals surface area contributed by atoms with Crippen LogP contribution < -0.4 is 4.90 Å². The molecule has 21 heavy (non-hydrogen) atoms. The average Bonchev–Trinajstić information content (AvgIpc) is 2.76. The topological polar surface area (TPSA) is 3.24 Å². The molecular formula is C20H21N. The average molecular weight is 275 g/mol. The van der Waals surface area contributed by atoms with Gasteiger partial charge in [-0.1, -0.05) is 55.5 Å². The molecule has 1 nitrogen and oxygen atoms in total. The van der Waals surface area contributed by atoms with Crippen LogP contribution in [0.5, 0.6) is 0 Å². The van der Waals surface area contributed by atoms with E-state index in [9.17, 15) is 0 Å². The molecule has 2 unspecified atom stereocenters. The number of hydrogen-bond acceptors (Lipinski definition) is 1. The summed E-state index contributed by atoms with van der Waals surface area (Å²) < 4.78 is 0. The third kappa shape index (κ3) is 1.53. The maximum Gasteiger partial charge on any atom is 0.0888 e. The summed E-state index contributed by atoms with van der Waals surface area (Å²) in [4.78, 5) is 2.54. The van der Waals surface area contributed by atoms with E-state index in [2.05, 4.69) is 73.0 Å². The SMILES string of the molecule is CC12CCCC1(C)N(c1ccccc1)C1=C=CC=CC=C12. The van der Waals surface area contributed by atoms with Gasteiger partial charge in [0.1, 0.15) is 0 Å². The van der Waals surface area contributed by atoms with Gasteiger partial charge in [-0.2, -0.15) is 0 Å². The van der Waals surface area contributed by atoms with Crippen LogP contribution in [0.25, 0.3) is 0 Å². The van der Waals surface area contributed by atoms with Crippen LogP contribution in [0.4, 0.5) is 5.69 Å². The van der Waals surface area contributed by atoms with Crippen LogP contribution in [-0.4, -0.2) is 5.54 Å². The van der Waals surface area contributed by atoms with Gasteiger partial charge < -0.3 is 4.90 Å². The van der Waals surface area contributed by atoms with E-state index in [0.717, 1.165) is 0 Å². The lowest BCUT2D eigenvalue weighted by atomic mass is 9.72. The van der Waals surface area contributed by atoms with Crippen molar-refractivity contribution in [2.24, 2.45) is 5.41 Å². The second-order valence-corrected chi connectivity index (χ2v) is 6.76. The molecule has 2 aliphatic carbocycles. The number of rotatable bonds is 1. The minimum atomic E-state index is 0.154. The minimum Gasteiger partial charge on any atom is -0.328 e. The highest BCUT2D eigenvalue weighted by atomic mass is 15.3. The Hall–Kier alpha value is -1.98. The van der Waals surface area contributed by atoms with Crippen molar-refractivity contribution < 1.29 is 0 Å². The number of para-hydroxylation sites is 1. The number of allylic oxidation sites excluding steroid dienone is 4. The fraction of sp³-hybridized carbons (Fsp3) is 0.350. The van der Waals surface area contributed by atoms with Gasteiger partial charge in [-0.05, 0) is 43.5 Å². The van der Waals surface area contributed by atoms with Crippen molar-refractivity contribution in [2.45, 2.75) is 38.6 Å². The molecule has 2 fully saturated rings. The Bertz CT molecular complexity index is 703. The molecule has 0 aromatic heterocycles. The predicted molar refractivity (Wildman–Crippen MR) is 88.1 cm³/mol. The third-order valence-electron chi connectivity index (χ3n) is 5.80. The first-order valence-electron chi connectivity index (χ1n) is 7.87. The van der Waals surface area contributed by atoms with Crippen molar-refractivity contribution in [3.05, 3.63) is 71.6 Å². The van der Waals surface area contributed by atoms with Crippen LogP contribution in [0.15, 0.2) is 71.6 Å². The summed E-state index contributed by atoms with van der Waals surface area (Å²) in [7, 11) is 0. The summed E-state index contributed by atoms with van der Waals surface area (Å²) in [6, 6.07) is 10.8. The van der Waals surface area contributed by atoms with Crippen LogP contribution in [-0.2, 0) is 0 Å². The Balaban J connectivity index is 1.99. The smallest absolute Gasteiger partial charge is 0.0888 e. The van der Waals surface area contributed by atoms with Gasteiger partial charge in [0, 0.05) is 11.1 Å². The number of anilines is 1. The second kappa shape index (κ2) is 4.26. The molecule has 4 rings (SSSR count). The molecular weight excluding hydrogens is 254 g/mol. The second-order valence-electron chi connectivity index (χ2n) is 6.76. The van der Waals surface area contributed by atoms with E-state index in [4.69, 9.17) is 0 Å². The molecule has 1 aliphatic heterocycles. The van der Waals surface area contributed by atoms with Crippen molar-refractivity contribution in [3.63, 3.8) is 0 Å². The molecule has 1 heterocycles. The van der Waals surface area contributed by atoms with Crippen molar-refractivity contribution >= 4 is 5.69 Å². The summed E-state index contributed by atoms with van der Waals surface area (Å²) >= 11 is 0. The first-order valence-corrected chi connectivity index (χ1v) is 7.87. The highest BCUT2D eigenvalue weighted by Crippen LogP contribution is 2.63. The Labute approximate surface area is 127 Å². The molecule has 0 amide bonds. The Morgan fingerprint density at radius 2 is 1.86 bits per heavy atom. The molecule has 0 N–H and O–H groups in total. The van der Waals surface area contributed by atoms with Crippen LogP contribution in [0.1, 0.15) is 33.1 Å². The van der Waals surface area contributed by atoms with Gasteiger partial charge in [0.2, 0.25) is 0 Å². The fourth-order valence-electron chi connectivity index (χ4n) is 4.47. The molecule has 0 bridgehead atoms. The van der Waals surface area contributed by atoms with E-state index in [1.807, 2.05) is 6.08 Å². The lowest BCUT2D eigenvalue weighted by molar-refractivity contribution is 0.287. The van der Waals surface area contributed by atoms with Gasteiger partial charge in [0.15, 0.2) is 0 Å². The van der Waals surface area contributed by atoms with E-state index in [-0.39, 0.29) is 11.0 Å². The number of fused-ring (bicyclic) bond motifs is 3. The van der Waals surface area contributed by atoms with E-state index in [1.54, 1.807) is 0 Å². The van der Waals surface area contributed by atoms with Gasteiger partial charge in [0.05, 0.1) is 11.2 Å². The zero-order valence-electron chi connectivity index (χ0n) is 12.8. The van der Waals surface area contributed by atoms with Gasteiger partial charge in [-0.25, -0.2) is 0 Å². The maximum absolute atomic E-state index is 3.53. The minimum absolute atomic E-state index is 0.154. The van der Waals surface area contributed by atoms with Gasteiger partial charge in [0.25, 0.3) is 0 Å². The molecule has 1 saturated heterocycles. The van der Waals surface area contributed by atoms with Crippen LogP contribution in [0, 0.1) is 5.41 Å². The molecule has 2 atom stereocenters. The predicted octanol–water partition coefficient (Wildman–Crippen LogP) is 4.99. The summed E-state index contributed by atoms with van der Waals surface area (Å²) in [6.45, 7) is 4.87. The molecule has 1 aromatic rings. The first kappa shape index (κ1) is 12.7. The molecule has 3 aliphatic rings. The van der Waals surface area contributed by atoms with Gasteiger partial charge >= 0.3 is 0 Å².